The number of carbonyl (C=O) groups excluding carboxylic acids is 1. The molecule has 2 rings (SSSR count). The molecule has 0 aromatic heterocycles. The van der Waals surface area contributed by atoms with E-state index in [9.17, 15) is 4.79 Å². The Labute approximate surface area is 110 Å². The molecule has 4 heteroatoms. The molecule has 104 valence electrons. The van der Waals surface area contributed by atoms with Gasteiger partial charge in [0.1, 0.15) is 0 Å². The van der Waals surface area contributed by atoms with Gasteiger partial charge in [-0.05, 0) is 45.7 Å². The Bertz CT molecular complexity index is 277. The smallest absolute Gasteiger partial charge is 0.228 e. The number of carbonyl (C=O) groups is 1. The van der Waals surface area contributed by atoms with E-state index in [1.165, 1.54) is 0 Å². The van der Waals surface area contributed by atoms with Gasteiger partial charge >= 0.3 is 0 Å². The monoisotopic (exact) mass is 254 g/mol. The second-order valence-electron chi connectivity index (χ2n) is 5.32. The van der Waals surface area contributed by atoms with E-state index in [1.54, 1.807) is 0 Å². The van der Waals surface area contributed by atoms with E-state index >= 15 is 0 Å². The molecule has 1 N–H and O–H groups in total. The van der Waals surface area contributed by atoms with Gasteiger partial charge in [-0.15, -0.1) is 0 Å². The van der Waals surface area contributed by atoms with Gasteiger partial charge in [-0.25, -0.2) is 0 Å². The molecule has 2 heterocycles. The normalized spacial score (nSPS) is 29.4. The zero-order valence-corrected chi connectivity index (χ0v) is 11.7. The second-order valence-corrected chi connectivity index (χ2v) is 5.32. The van der Waals surface area contributed by atoms with Crippen LogP contribution in [-0.4, -0.2) is 49.2 Å². The van der Waals surface area contributed by atoms with Gasteiger partial charge in [0, 0.05) is 19.2 Å². The lowest BCUT2D eigenvalue weighted by Gasteiger charge is -2.36. The molecule has 2 aliphatic rings. The third-order valence-electron chi connectivity index (χ3n) is 4.30. The summed E-state index contributed by atoms with van der Waals surface area (Å²) in [4.78, 5) is 14.8. The van der Waals surface area contributed by atoms with Crippen molar-refractivity contribution in [3.8, 4) is 0 Å². The fourth-order valence-corrected chi connectivity index (χ4v) is 3.26. The third-order valence-corrected chi connectivity index (χ3v) is 4.30. The minimum Gasteiger partial charge on any atom is -0.377 e. The molecule has 2 atom stereocenters. The molecule has 0 spiro atoms. The molecule has 2 unspecified atom stereocenters. The van der Waals surface area contributed by atoms with Crippen molar-refractivity contribution >= 4 is 5.91 Å². The summed E-state index contributed by atoms with van der Waals surface area (Å²) in [5.41, 5.74) is 0. The van der Waals surface area contributed by atoms with Crippen LogP contribution in [0.25, 0.3) is 0 Å². The van der Waals surface area contributed by atoms with E-state index in [-0.39, 0.29) is 12.0 Å². The molecule has 0 bridgehead atoms. The third kappa shape index (κ3) is 2.86. The largest absolute Gasteiger partial charge is 0.377 e. The minimum atomic E-state index is 0.102. The fourth-order valence-electron chi connectivity index (χ4n) is 3.26. The molecular formula is C14H26N2O2. The Morgan fingerprint density at radius 1 is 1.28 bits per heavy atom. The number of nitrogens with one attached hydrogen (secondary N) is 1. The average molecular weight is 254 g/mol. The van der Waals surface area contributed by atoms with Crippen LogP contribution in [0.3, 0.4) is 0 Å². The van der Waals surface area contributed by atoms with Crippen LogP contribution >= 0.6 is 0 Å². The predicted octanol–water partition coefficient (Wildman–Crippen LogP) is 1.40. The van der Waals surface area contributed by atoms with Gasteiger partial charge in [0.25, 0.3) is 0 Å². The summed E-state index contributed by atoms with van der Waals surface area (Å²) in [5.74, 6) is 0.429. The quantitative estimate of drug-likeness (QED) is 0.824. The van der Waals surface area contributed by atoms with Crippen LogP contribution in [0.2, 0.25) is 0 Å². The maximum Gasteiger partial charge on any atom is 0.228 e. The molecule has 18 heavy (non-hydrogen) atoms. The van der Waals surface area contributed by atoms with Gasteiger partial charge in [0.15, 0.2) is 0 Å². The number of piperidine rings is 1. The first-order valence-electron chi connectivity index (χ1n) is 7.40. The molecule has 2 aliphatic heterocycles. The molecule has 1 amide bonds. The number of nitrogens with zero attached hydrogens (tertiary/aromatic N) is 1. The lowest BCUT2D eigenvalue weighted by Crippen LogP contribution is -2.49. The number of rotatable bonds is 4. The van der Waals surface area contributed by atoms with E-state index in [0.29, 0.717) is 11.9 Å². The Morgan fingerprint density at radius 2 is 2.00 bits per heavy atom. The van der Waals surface area contributed by atoms with Crippen LogP contribution in [-0.2, 0) is 9.53 Å². The van der Waals surface area contributed by atoms with E-state index < -0.39 is 0 Å². The van der Waals surface area contributed by atoms with E-state index in [4.69, 9.17) is 4.74 Å². The molecule has 2 fully saturated rings. The van der Waals surface area contributed by atoms with Crippen molar-refractivity contribution in [3.05, 3.63) is 0 Å². The zero-order valence-electron chi connectivity index (χ0n) is 11.7. The summed E-state index contributed by atoms with van der Waals surface area (Å²) in [7, 11) is 0. The summed E-state index contributed by atoms with van der Waals surface area (Å²) >= 11 is 0. The molecule has 0 aliphatic carbocycles. The van der Waals surface area contributed by atoms with Gasteiger partial charge in [-0.3, -0.25) is 4.79 Å². The Kier molecular flexibility index (Phi) is 5.01. The topological polar surface area (TPSA) is 41.6 Å². The average Bonchev–Trinajstić information content (AvgIpc) is 2.89. The maximum atomic E-state index is 12.7. The van der Waals surface area contributed by atoms with Crippen molar-refractivity contribution in [1.29, 1.82) is 0 Å². The fraction of sp³-hybridized carbons (Fsp3) is 0.929. The molecule has 0 saturated carbocycles. The number of amides is 1. The summed E-state index contributed by atoms with van der Waals surface area (Å²) in [6.07, 6.45) is 4.17. The van der Waals surface area contributed by atoms with Crippen molar-refractivity contribution in [2.45, 2.75) is 51.7 Å². The lowest BCUT2D eigenvalue weighted by molar-refractivity contribution is -0.140. The number of hydrogen-bond donors (Lipinski definition) is 1. The summed E-state index contributed by atoms with van der Waals surface area (Å²) < 4.78 is 5.66. The van der Waals surface area contributed by atoms with Gasteiger partial charge in [-0.2, -0.15) is 0 Å². The molecule has 0 aromatic carbocycles. The van der Waals surface area contributed by atoms with Crippen molar-refractivity contribution in [2.24, 2.45) is 5.92 Å². The first-order valence-corrected chi connectivity index (χ1v) is 7.40. The summed E-state index contributed by atoms with van der Waals surface area (Å²) in [6, 6.07) is 0.432. The standard InChI is InChI=1S/C14H26N2O2/c1-3-13-12(7-10-18-13)14(17)16(4-2)11-5-8-15-9-6-11/h11-13,15H,3-10H2,1-2H3. The second kappa shape index (κ2) is 6.53. The predicted molar refractivity (Wildman–Crippen MR) is 71.4 cm³/mol. The van der Waals surface area contributed by atoms with Crippen molar-refractivity contribution in [1.82, 2.24) is 10.2 Å². The van der Waals surface area contributed by atoms with Crippen molar-refractivity contribution in [2.75, 3.05) is 26.2 Å². The van der Waals surface area contributed by atoms with Crippen LogP contribution in [0, 0.1) is 5.92 Å². The van der Waals surface area contributed by atoms with Crippen LogP contribution < -0.4 is 5.32 Å². The highest BCUT2D eigenvalue weighted by Crippen LogP contribution is 2.27. The van der Waals surface area contributed by atoms with E-state index in [0.717, 1.165) is 51.9 Å². The highest BCUT2D eigenvalue weighted by atomic mass is 16.5. The van der Waals surface area contributed by atoms with Gasteiger partial charge in [0.2, 0.25) is 5.91 Å². The highest BCUT2D eigenvalue weighted by molar-refractivity contribution is 5.80. The van der Waals surface area contributed by atoms with Gasteiger partial charge < -0.3 is 15.0 Å². The Balaban J connectivity index is 1.99. The van der Waals surface area contributed by atoms with Gasteiger partial charge in [-0.1, -0.05) is 6.92 Å². The Hall–Kier alpha value is -0.610. The Morgan fingerprint density at radius 3 is 2.61 bits per heavy atom. The molecule has 2 saturated heterocycles. The van der Waals surface area contributed by atoms with Crippen molar-refractivity contribution < 1.29 is 9.53 Å². The van der Waals surface area contributed by atoms with Crippen LogP contribution in [0.5, 0.6) is 0 Å². The van der Waals surface area contributed by atoms with Crippen molar-refractivity contribution in [3.63, 3.8) is 0 Å². The van der Waals surface area contributed by atoms with Gasteiger partial charge in [0.05, 0.1) is 12.0 Å². The molecule has 0 aromatic rings. The van der Waals surface area contributed by atoms with E-state index in [2.05, 4.69) is 24.1 Å². The summed E-state index contributed by atoms with van der Waals surface area (Å²) in [5, 5.41) is 3.36. The minimum absolute atomic E-state index is 0.102. The number of ether oxygens (including phenoxy) is 1. The molecular weight excluding hydrogens is 228 g/mol. The SMILES string of the molecule is CCC1OCCC1C(=O)N(CC)C1CCNCC1. The van der Waals surface area contributed by atoms with E-state index in [1.807, 2.05) is 0 Å². The first-order chi connectivity index (χ1) is 8.77. The molecule has 0 radical (unpaired) electrons. The number of hydrogen-bond acceptors (Lipinski definition) is 3. The maximum absolute atomic E-state index is 12.7. The lowest BCUT2D eigenvalue weighted by atomic mass is 9.95. The highest BCUT2D eigenvalue weighted by Gasteiger charge is 2.37. The molecule has 4 nitrogen and oxygen atoms in total. The van der Waals surface area contributed by atoms with Crippen LogP contribution in [0.1, 0.15) is 39.5 Å². The zero-order chi connectivity index (χ0) is 13.0. The first kappa shape index (κ1) is 13.8. The van der Waals surface area contributed by atoms with Crippen LogP contribution in [0.15, 0.2) is 0 Å². The van der Waals surface area contributed by atoms with Crippen LogP contribution in [0.4, 0.5) is 0 Å². The summed E-state index contributed by atoms with van der Waals surface area (Å²) in [6.45, 7) is 7.85.